The van der Waals surface area contributed by atoms with E-state index in [1.807, 2.05) is 0 Å². The van der Waals surface area contributed by atoms with Gasteiger partial charge in [0.1, 0.15) is 19.0 Å². The number of hydrogen-bond donors (Lipinski definition) is 1. The summed E-state index contributed by atoms with van der Waals surface area (Å²) in [5.74, 6) is -0.275. The van der Waals surface area contributed by atoms with Crippen LogP contribution in [0.1, 0.15) is 17.5 Å². The number of benzene rings is 2. The SMILES string of the molecule is Cc1ccccc1S(=O)(=O)OCCOc1ccc(CCC(=O)O)cc1. The van der Waals surface area contributed by atoms with Crippen LogP contribution in [0.15, 0.2) is 53.4 Å². The number of ether oxygens (including phenoxy) is 1. The third-order valence-electron chi connectivity index (χ3n) is 3.50. The first kappa shape index (κ1) is 19.0. The van der Waals surface area contributed by atoms with E-state index in [4.69, 9.17) is 14.0 Å². The lowest BCUT2D eigenvalue weighted by Gasteiger charge is -2.09. The zero-order valence-electron chi connectivity index (χ0n) is 13.8. The second-order valence-corrected chi connectivity index (χ2v) is 7.01. The van der Waals surface area contributed by atoms with Crippen LogP contribution in [0.2, 0.25) is 0 Å². The van der Waals surface area contributed by atoms with Crippen LogP contribution in [0, 0.1) is 6.92 Å². The Bertz CT molecular complexity index is 812. The molecule has 0 aromatic heterocycles. The minimum atomic E-state index is -3.80. The zero-order chi connectivity index (χ0) is 18.3. The van der Waals surface area contributed by atoms with E-state index in [2.05, 4.69) is 0 Å². The molecule has 0 fully saturated rings. The number of carboxylic acid groups (broad SMARTS) is 1. The predicted octanol–water partition coefficient (Wildman–Crippen LogP) is 2.80. The monoisotopic (exact) mass is 364 g/mol. The molecule has 0 heterocycles. The molecule has 0 radical (unpaired) electrons. The summed E-state index contributed by atoms with van der Waals surface area (Å²) in [4.78, 5) is 10.7. The third-order valence-corrected chi connectivity index (χ3v) is 4.98. The molecule has 0 aliphatic carbocycles. The van der Waals surface area contributed by atoms with Crippen LogP contribution >= 0.6 is 0 Å². The molecule has 0 aliphatic heterocycles. The molecule has 2 rings (SSSR count). The molecule has 2 aromatic rings. The standard InChI is InChI=1S/C18H20O6S/c1-14-4-2-3-5-17(14)25(21,22)24-13-12-23-16-9-6-15(7-10-16)8-11-18(19)20/h2-7,9-10H,8,11-13H2,1H3,(H,19,20). The average Bonchev–Trinajstić information content (AvgIpc) is 2.58. The Morgan fingerprint density at radius 3 is 2.36 bits per heavy atom. The van der Waals surface area contributed by atoms with Crippen molar-refractivity contribution in [3.8, 4) is 5.75 Å². The van der Waals surface area contributed by atoms with Gasteiger partial charge in [0, 0.05) is 6.42 Å². The molecule has 7 heteroatoms. The van der Waals surface area contributed by atoms with Crippen molar-refractivity contribution in [1.29, 1.82) is 0 Å². The van der Waals surface area contributed by atoms with E-state index in [1.165, 1.54) is 6.07 Å². The highest BCUT2D eigenvalue weighted by Gasteiger charge is 2.17. The fourth-order valence-corrected chi connectivity index (χ4v) is 3.33. The summed E-state index contributed by atoms with van der Waals surface area (Å²) in [5.41, 5.74) is 1.52. The van der Waals surface area contributed by atoms with Crippen molar-refractivity contribution in [2.45, 2.75) is 24.7 Å². The molecule has 0 aliphatic rings. The molecule has 25 heavy (non-hydrogen) atoms. The Morgan fingerprint density at radius 1 is 1.04 bits per heavy atom. The molecule has 0 bridgehead atoms. The Morgan fingerprint density at radius 2 is 1.72 bits per heavy atom. The van der Waals surface area contributed by atoms with Crippen LogP contribution in [0.25, 0.3) is 0 Å². The number of carbonyl (C=O) groups is 1. The van der Waals surface area contributed by atoms with Gasteiger partial charge in [-0.25, -0.2) is 0 Å². The van der Waals surface area contributed by atoms with E-state index in [9.17, 15) is 13.2 Å². The first-order valence-corrected chi connectivity index (χ1v) is 9.18. The predicted molar refractivity (Wildman–Crippen MR) is 92.2 cm³/mol. The van der Waals surface area contributed by atoms with Gasteiger partial charge in [0.25, 0.3) is 10.1 Å². The molecule has 0 atom stereocenters. The van der Waals surface area contributed by atoms with Crippen molar-refractivity contribution in [2.24, 2.45) is 0 Å². The molecular weight excluding hydrogens is 344 g/mol. The van der Waals surface area contributed by atoms with Gasteiger partial charge in [-0.2, -0.15) is 8.42 Å². The maximum absolute atomic E-state index is 12.1. The Hall–Kier alpha value is -2.38. The molecule has 0 amide bonds. The van der Waals surface area contributed by atoms with Crippen LogP contribution in [0.4, 0.5) is 0 Å². The van der Waals surface area contributed by atoms with Crippen LogP contribution in [-0.2, 0) is 25.5 Å². The Kier molecular flexibility index (Phi) is 6.55. The second kappa shape index (κ2) is 8.64. The summed E-state index contributed by atoms with van der Waals surface area (Å²) in [6.45, 7) is 1.69. The van der Waals surface area contributed by atoms with Crippen LogP contribution < -0.4 is 4.74 Å². The van der Waals surface area contributed by atoms with Crippen molar-refractivity contribution in [2.75, 3.05) is 13.2 Å². The summed E-state index contributed by atoms with van der Waals surface area (Å²) in [7, 11) is -3.80. The van der Waals surface area contributed by atoms with E-state index in [0.717, 1.165) is 5.56 Å². The molecular formula is C18H20O6S. The van der Waals surface area contributed by atoms with Gasteiger partial charge in [-0.1, -0.05) is 30.3 Å². The first-order valence-electron chi connectivity index (χ1n) is 7.77. The van der Waals surface area contributed by atoms with Gasteiger partial charge in [-0.15, -0.1) is 0 Å². The van der Waals surface area contributed by atoms with Crippen LogP contribution in [-0.4, -0.2) is 32.7 Å². The van der Waals surface area contributed by atoms with Crippen LogP contribution in [0.5, 0.6) is 5.75 Å². The minimum Gasteiger partial charge on any atom is -0.491 e. The lowest BCUT2D eigenvalue weighted by molar-refractivity contribution is -0.136. The van der Waals surface area contributed by atoms with Gasteiger partial charge in [-0.3, -0.25) is 8.98 Å². The van der Waals surface area contributed by atoms with E-state index < -0.39 is 16.1 Å². The summed E-state index contributed by atoms with van der Waals surface area (Å²) < 4.78 is 34.7. The van der Waals surface area contributed by atoms with E-state index >= 15 is 0 Å². The quantitative estimate of drug-likeness (QED) is 0.544. The number of aliphatic carboxylic acids is 1. The van der Waals surface area contributed by atoms with Crippen molar-refractivity contribution in [3.63, 3.8) is 0 Å². The minimum absolute atomic E-state index is 0.0742. The summed E-state index contributed by atoms with van der Waals surface area (Å²) in [5, 5.41) is 8.65. The van der Waals surface area contributed by atoms with Crippen molar-refractivity contribution in [1.82, 2.24) is 0 Å². The van der Waals surface area contributed by atoms with Crippen molar-refractivity contribution in [3.05, 3.63) is 59.7 Å². The largest absolute Gasteiger partial charge is 0.491 e. The molecule has 6 nitrogen and oxygen atoms in total. The van der Waals surface area contributed by atoms with Gasteiger partial charge in [-0.05, 0) is 42.7 Å². The zero-order valence-corrected chi connectivity index (χ0v) is 14.7. The van der Waals surface area contributed by atoms with Crippen molar-refractivity contribution >= 4 is 16.1 Å². The fourth-order valence-electron chi connectivity index (χ4n) is 2.21. The summed E-state index contributed by atoms with van der Waals surface area (Å²) >= 11 is 0. The van der Waals surface area contributed by atoms with Gasteiger partial charge >= 0.3 is 5.97 Å². The molecule has 0 saturated heterocycles. The number of rotatable bonds is 9. The van der Waals surface area contributed by atoms with Crippen LogP contribution in [0.3, 0.4) is 0 Å². The topological polar surface area (TPSA) is 89.9 Å². The maximum Gasteiger partial charge on any atom is 0.303 e. The molecule has 134 valence electrons. The average molecular weight is 364 g/mol. The van der Waals surface area contributed by atoms with E-state index in [0.29, 0.717) is 17.7 Å². The van der Waals surface area contributed by atoms with Gasteiger partial charge in [0.05, 0.1) is 4.90 Å². The second-order valence-electron chi connectivity index (χ2n) is 5.43. The lowest BCUT2D eigenvalue weighted by atomic mass is 10.1. The highest BCUT2D eigenvalue weighted by Crippen LogP contribution is 2.17. The van der Waals surface area contributed by atoms with Gasteiger partial charge in [0.2, 0.25) is 0 Å². The number of aryl methyl sites for hydroxylation is 2. The highest BCUT2D eigenvalue weighted by atomic mass is 32.2. The first-order chi connectivity index (χ1) is 11.9. The smallest absolute Gasteiger partial charge is 0.303 e. The van der Waals surface area contributed by atoms with E-state index in [1.54, 1.807) is 49.4 Å². The van der Waals surface area contributed by atoms with Gasteiger partial charge in [0.15, 0.2) is 0 Å². The molecule has 0 spiro atoms. The summed E-state index contributed by atoms with van der Waals surface area (Å²) in [6.07, 6.45) is 0.526. The summed E-state index contributed by atoms with van der Waals surface area (Å²) in [6, 6.07) is 13.6. The molecule has 1 N–H and O–H groups in total. The van der Waals surface area contributed by atoms with E-state index in [-0.39, 0.29) is 24.5 Å². The lowest BCUT2D eigenvalue weighted by Crippen LogP contribution is -2.13. The van der Waals surface area contributed by atoms with Crippen molar-refractivity contribution < 1.29 is 27.2 Å². The molecule has 0 saturated carbocycles. The van der Waals surface area contributed by atoms with Gasteiger partial charge < -0.3 is 9.84 Å². The third kappa shape index (κ3) is 5.88. The normalized spacial score (nSPS) is 11.2. The Balaban J connectivity index is 1.81. The number of hydrogen-bond acceptors (Lipinski definition) is 5. The Labute approximate surface area is 147 Å². The molecule has 2 aromatic carbocycles. The fraction of sp³-hybridized carbons (Fsp3) is 0.278. The molecule has 0 unspecified atom stereocenters. The highest BCUT2D eigenvalue weighted by molar-refractivity contribution is 7.86. The number of carboxylic acids is 1. The maximum atomic E-state index is 12.1.